The van der Waals surface area contributed by atoms with Crippen LogP contribution in [0.2, 0.25) is 0 Å². The van der Waals surface area contributed by atoms with Crippen LogP contribution in [0.15, 0.2) is 18.5 Å². The van der Waals surface area contributed by atoms with Gasteiger partial charge in [-0.1, -0.05) is 0 Å². The lowest BCUT2D eigenvalue weighted by atomic mass is 9.93. The molecule has 2 atom stereocenters. The number of carbonyl (C=O) groups excluding carboxylic acids is 1. The number of amides is 1. The summed E-state index contributed by atoms with van der Waals surface area (Å²) in [5, 5.41) is 22.0. The normalized spacial score (nSPS) is 21.9. The lowest BCUT2D eigenvalue weighted by molar-refractivity contribution is 0.0932. The minimum atomic E-state index is -0.295. The van der Waals surface area contributed by atoms with Crippen LogP contribution < -0.4 is 10.6 Å². The summed E-state index contributed by atoms with van der Waals surface area (Å²) in [4.78, 5) is 20.0. The van der Waals surface area contributed by atoms with E-state index in [1.807, 2.05) is 12.1 Å². The zero-order valence-corrected chi connectivity index (χ0v) is 14.8. The monoisotopic (exact) mass is 367 g/mol. The molecule has 0 bridgehead atoms. The van der Waals surface area contributed by atoms with E-state index in [1.165, 1.54) is 18.8 Å². The van der Waals surface area contributed by atoms with Crippen molar-refractivity contribution in [1.82, 2.24) is 25.5 Å². The Morgan fingerprint density at radius 3 is 2.81 bits per heavy atom. The van der Waals surface area contributed by atoms with Crippen LogP contribution in [-0.4, -0.2) is 38.4 Å². The second-order valence-electron chi connectivity index (χ2n) is 7.04. The summed E-state index contributed by atoms with van der Waals surface area (Å²) in [6.07, 6.45) is 8.42. The molecule has 9 heteroatoms. The van der Waals surface area contributed by atoms with Crippen molar-refractivity contribution in [1.29, 1.82) is 5.26 Å². The van der Waals surface area contributed by atoms with Crippen molar-refractivity contribution in [3.63, 3.8) is 0 Å². The molecule has 0 saturated heterocycles. The molecule has 140 valence electrons. The number of hydrogen-bond donors (Lipinski definition) is 3. The average Bonchev–Trinajstić information content (AvgIpc) is 3.28. The van der Waals surface area contributed by atoms with E-state index in [9.17, 15) is 4.79 Å². The smallest absolute Gasteiger partial charge is 0.407 e. The molecule has 2 fully saturated rings. The SMILES string of the molecule is N#Cc1cnc(Nc2cc(C3CCC(OC(=O)NC4CCC4)C3)[nH]n2)cn1. The average molecular weight is 367 g/mol. The Labute approximate surface area is 156 Å². The summed E-state index contributed by atoms with van der Waals surface area (Å²) in [6.45, 7) is 0. The molecule has 0 aromatic carbocycles. The van der Waals surface area contributed by atoms with E-state index in [-0.39, 0.29) is 23.8 Å². The van der Waals surface area contributed by atoms with Gasteiger partial charge in [-0.05, 0) is 38.5 Å². The van der Waals surface area contributed by atoms with Gasteiger partial charge in [-0.3, -0.25) is 5.10 Å². The highest BCUT2D eigenvalue weighted by Crippen LogP contribution is 2.36. The summed E-state index contributed by atoms with van der Waals surface area (Å²) in [5.74, 6) is 1.44. The van der Waals surface area contributed by atoms with Crippen LogP contribution in [0.4, 0.5) is 16.4 Å². The number of anilines is 2. The molecule has 1 amide bonds. The van der Waals surface area contributed by atoms with Crippen molar-refractivity contribution in [2.45, 2.75) is 56.6 Å². The lowest BCUT2D eigenvalue weighted by Crippen LogP contribution is -2.40. The van der Waals surface area contributed by atoms with Crippen molar-refractivity contribution in [3.8, 4) is 6.07 Å². The third-order valence-electron chi connectivity index (χ3n) is 5.15. The molecular formula is C18H21N7O2. The van der Waals surface area contributed by atoms with Crippen LogP contribution in [0.1, 0.15) is 55.8 Å². The van der Waals surface area contributed by atoms with E-state index in [2.05, 4.69) is 30.8 Å². The molecule has 2 heterocycles. The van der Waals surface area contributed by atoms with Crippen LogP contribution >= 0.6 is 0 Å². The van der Waals surface area contributed by atoms with Crippen LogP contribution in [0.3, 0.4) is 0 Å². The second-order valence-corrected chi connectivity index (χ2v) is 7.04. The Balaban J connectivity index is 1.29. The van der Waals surface area contributed by atoms with E-state index in [0.717, 1.165) is 37.8 Å². The number of nitrogens with one attached hydrogen (secondary N) is 3. The van der Waals surface area contributed by atoms with Gasteiger partial charge in [0.15, 0.2) is 11.5 Å². The zero-order valence-electron chi connectivity index (χ0n) is 14.8. The van der Waals surface area contributed by atoms with Crippen molar-refractivity contribution in [2.75, 3.05) is 5.32 Å². The summed E-state index contributed by atoms with van der Waals surface area (Å²) < 4.78 is 5.55. The molecule has 2 aliphatic rings. The molecule has 2 aliphatic carbocycles. The fourth-order valence-corrected chi connectivity index (χ4v) is 3.43. The van der Waals surface area contributed by atoms with E-state index in [4.69, 9.17) is 10.00 Å². The van der Waals surface area contributed by atoms with Crippen molar-refractivity contribution >= 4 is 17.7 Å². The highest BCUT2D eigenvalue weighted by Gasteiger charge is 2.30. The molecule has 0 aliphatic heterocycles. The molecule has 2 unspecified atom stereocenters. The van der Waals surface area contributed by atoms with E-state index in [1.54, 1.807) is 0 Å². The van der Waals surface area contributed by atoms with Gasteiger partial charge in [0.1, 0.15) is 18.0 Å². The fraction of sp³-hybridized carbons (Fsp3) is 0.500. The molecule has 0 radical (unpaired) electrons. The van der Waals surface area contributed by atoms with E-state index >= 15 is 0 Å². The first-order valence-corrected chi connectivity index (χ1v) is 9.21. The summed E-state index contributed by atoms with van der Waals surface area (Å²) in [6, 6.07) is 4.15. The Bertz CT molecular complexity index is 838. The first-order chi connectivity index (χ1) is 13.2. The van der Waals surface area contributed by atoms with Gasteiger partial charge in [0, 0.05) is 23.7 Å². The van der Waals surface area contributed by atoms with Crippen LogP contribution in [0, 0.1) is 11.3 Å². The van der Waals surface area contributed by atoms with E-state index < -0.39 is 0 Å². The lowest BCUT2D eigenvalue weighted by Gasteiger charge is -2.26. The fourth-order valence-electron chi connectivity index (χ4n) is 3.43. The van der Waals surface area contributed by atoms with Gasteiger partial charge in [-0.25, -0.2) is 14.8 Å². The van der Waals surface area contributed by atoms with Crippen molar-refractivity contribution in [3.05, 3.63) is 29.8 Å². The minimum absolute atomic E-state index is 0.0563. The number of hydrogen-bond acceptors (Lipinski definition) is 7. The molecule has 0 spiro atoms. The largest absolute Gasteiger partial charge is 0.446 e. The Kier molecular flexibility index (Phi) is 4.87. The number of alkyl carbamates (subject to hydrolysis) is 1. The van der Waals surface area contributed by atoms with Crippen LogP contribution in [0.25, 0.3) is 0 Å². The summed E-state index contributed by atoms with van der Waals surface area (Å²) in [5.41, 5.74) is 1.27. The second kappa shape index (κ2) is 7.61. The van der Waals surface area contributed by atoms with Crippen molar-refractivity contribution in [2.24, 2.45) is 0 Å². The zero-order chi connectivity index (χ0) is 18.6. The molecule has 3 N–H and O–H groups in total. The highest BCUT2D eigenvalue weighted by atomic mass is 16.6. The Morgan fingerprint density at radius 2 is 2.11 bits per heavy atom. The molecule has 2 aromatic heterocycles. The van der Waals surface area contributed by atoms with Gasteiger partial charge in [0.05, 0.1) is 12.4 Å². The predicted octanol–water partition coefficient (Wildman–Crippen LogP) is 2.73. The molecular weight excluding hydrogens is 346 g/mol. The third-order valence-corrected chi connectivity index (χ3v) is 5.15. The van der Waals surface area contributed by atoms with Crippen LogP contribution in [-0.2, 0) is 4.74 Å². The first-order valence-electron chi connectivity index (χ1n) is 9.21. The van der Waals surface area contributed by atoms with Gasteiger partial charge >= 0.3 is 6.09 Å². The number of H-pyrrole nitrogens is 1. The molecule has 9 nitrogen and oxygen atoms in total. The maximum Gasteiger partial charge on any atom is 0.407 e. The van der Waals surface area contributed by atoms with Crippen LogP contribution in [0.5, 0.6) is 0 Å². The molecule has 2 saturated carbocycles. The number of rotatable bonds is 5. The highest BCUT2D eigenvalue weighted by molar-refractivity contribution is 5.68. The number of carbonyl (C=O) groups is 1. The minimum Gasteiger partial charge on any atom is -0.446 e. The number of ether oxygens (including phenoxy) is 1. The molecule has 2 aromatic rings. The van der Waals surface area contributed by atoms with Gasteiger partial charge in [0.2, 0.25) is 0 Å². The third kappa shape index (κ3) is 4.16. The van der Waals surface area contributed by atoms with Crippen molar-refractivity contribution < 1.29 is 9.53 Å². The number of aromatic amines is 1. The first kappa shape index (κ1) is 17.3. The van der Waals surface area contributed by atoms with E-state index in [0.29, 0.717) is 17.7 Å². The topological polar surface area (TPSA) is 129 Å². The Morgan fingerprint density at radius 1 is 1.22 bits per heavy atom. The molecule has 4 rings (SSSR count). The number of nitriles is 1. The standard InChI is InChI=1S/C18H21N7O2/c19-8-13-9-21-17(10-20-13)23-16-7-15(24-25-16)11-4-5-14(6-11)27-18(26)22-12-2-1-3-12/h7,9-12,14H,1-6H2,(H,22,26)(H2,21,23,24,25). The maximum absolute atomic E-state index is 11.9. The summed E-state index contributed by atoms with van der Waals surface area (Å²) in [7, 11) is 0. The summed E-state index contributed by atoms with van der Waals surface area (Å²) >= 11 is 0. The predicted molar refractivity (Wildman–Crippen MR) is 96.3 cm³/mol. The van der Waals surface area contributed by atoms with Gasteiger partial charge in [-0.15, -0.1) is 0 Å². The number of nitrogens with zero attached hydrogens (tertiary/aromatic N) is 4. The van der Waals surface area contributed by atoms with Gasteiger partial charge in [0.25, 0.3) is 0 Å². The van der Waals surface area contributed by atoms with Gasteiger partial charge < -0.3 is 15.4 Å². The Hall–Kier alpha value is -3.15. The number of aromatic nitrogens is 4. The molecule has 27 heavy (non-hydrogen) atoms. The maximum atomic E-state index is 11.9. The van der Waals surface area contributed by atoms with Gasteiger partial charge in [-0.2, -0.15) is 10.4 Å². The quantitative estimate of drug-likeness (QED) is 0.741.